The number of hydrogen-bond acceptors (Lipinski definition) is 5. The molecule has 0 saturated heterocycles. The average molecular weight is 428 g/mol. The molecule has 0 saturated carbocycles. The van der Waals surface area contributed by atoms with E-state index in [4.69, 9.17) is 4.98 Å². The Labute approximate surface area is 175 Å². The zero-order valence-electron chi connectivity index (χ0n) is 17.1. The van der Waals surface area contributed by atoms with E-state index < -0.39 is 10.0 Å². The molecule has 0 fully saturated rings. The Kier molecular flexibility index (Phi) is 5.46. The molecular weight excluding hydrogens is 402 g/mol. The van der Waals surface area contributed by atoms with E-state index in [2.05, 4.69) is 19.6 Å². The number of nitrogens with one attached hydrogen (secondary N) is 2. The van der Waals surface area contributed by atoms with Crippen LogP contribution in [0, 0.1) is 6.92 Å². The summed E-state index contributed by atoms with van der Waals surface area (Å²) in [6.45, 7) is 2.93. The second-order valence-electron chi connectivity index (χ2n) is 7.69. The number of amides is 1. The summed E-state index contributed by atoms with van der Waals surface area (Å²) in [5.41, 5.74) is 3.77. The summed E-state index contributed by atoms with van der Waals surface area (Å²) in [7, 11) is -3.41. The number of aryl methyl sites for hydroxylation is 3. The highest BCUT2D eigenvalue weighted by Crippen LogP contribution is 2.24. The average Bonchev–Trinajstić information content (AvgIpc) is 2.86. The van der Waals surface area contributed by atoms with E-state index in [0.717, 1.165) is 49.2 Å². The summed E-state index contributed by atoms with van der Waals surface area (Å²) in [6.07, 6.45) is 5.33. The fourth-order valence-electron chi connectivity index (χ4n) is 3.83. The highest BCUT2D eigenvalue weighted by atomic mass is 32.2. The summed E-state index contributed by atoms with van der Waals surface area (Å²) < 4.78 is 27.8. The number of rotatable bonds is 5. The fourth-order valence-corrected chi connectivity index (χ4v) is 4.43. The van der Waals surface area contributed by atoms with Crippen LogP contribution in [-0.4, -0.2) is 35.1 Å². The van der Waals surface area contributed by atoms with Gasteiger partial charge in [-0.1, -0.05) is 24.6 Å². The van der Waals surface area contributed by atoms with Gasteiger partial charge in [0.05, 0.1) is 17.5 Å². The van der Waals surface area contributed by atoms with Crippen LogP contribution in [0.5, 0.6) is 0 Å². The SMILES string of the molecule is Cc1cc(C(=O)NCc2ccccc2NS(C)(=O)=O)c2nc3n(c2n1)CCCCC3. The first kappa shape index (κ1) is 20.3. The minimum Gasteiger partial charge on any atom is -0.348 e. The number of benzene rings is 1. The predicted molar refractivity (Wildman–Crippen MR) is 116 cm³/mol. The molecule has 3 aromatic rings. The van der Waals surface area contributed by atoms with Crippen LogP contribution in [0.2, 0.25) is 0 Å². The molecule has 0 unspecified atom stereocenters. The van der Waals surface area contributed by atoms with Crippen LogP contribution in [0.1, 0.15) is 46.7 Å². The van der Waals surface area contributed by atoms with Crippen molar-refractivity contribution in [3.05, 3.63) is 53.0 Å². The summed E-state index contributed by atoms with van der Waals surface area (Å²) in [5.74, 6) is 0.727. The Morgan fingerprint density at radius 3 is 2.77 bits per heavy atom. The number of aromatic nitrogens is 3. The standard InChI is InChI=1S/C21H25N5O3S/c1-14-12-16(19-20(23-14)26-11-7-3-4-10-18(26)24-19)21(27)22-13-15-8-5-6-9-17(15)25-30(2,28)29/h5-6,8-9,12,25H,3-4,7,10-11,13H2,1-2H3,(H,22,27). The van der Waals surface area contributed by atoms with Gasteiger partial charge in [-0.2, -0.15) is 0 Å². The van der Waals surface area contributed by atoms with Crippen molar-refractivity contribution in [2.24, 2.45) is 0 Å². The molecule has 1 aromatic carbocycles. The van der Waals surface area contributed by atoms with Crippen molar-refractivity contribution in [2.75, 3.05) is 11.0 Å². The number of pyridine rings is 1. The lowest BCUT2D eigenvalue weighted by Gasteiger charge is -2.12. The molecule has 158 valence electrons. The minimum absolute atomic E-state index is 0.188. The second kappa shape index (κ2) is 8.06. The molecule has 2 N–H and O–H groups in total. The molecule has 3 heterocycles. The van der Waals surface area contributed by atoms with Crippen molar-refractivity contribution < 1.29 is 13.2 Å². The Morgan fingerprint density at radius 2 is 1.97 bits per heavy atom. The van der Waals surface area contributed by atoms with Gasteiger partial charge in [0.25, 0.3) is 5.91 Å². The van der Waals surface area contributed by atoms with Crippen LogP contribution in [0.25, 0.3) is 11.2 Å². The van der Waals surface area contributed by atoms with E-state index in [-0.39, 0.29) is 12.5 Å². The Bertz CT molecular complexity index is 1220. The van der Waals surface area contributed by atoms with Crippen LogP contribution in [0.15, 0.2) is 30.3 Å². The lowest BCUT2D eigenvalue weighted by atomic mass is 10.1. The Hall–Kier alpha value is -2.94. The van der Waals surface area contributed by atoms with E-state index in [1.807, 2.05) is 6.92 Å². The lowest BCUT2D eigenvalue weighted by Crippen LogP contribution is -2.24. The zero-order valence-corrected chi connectivity index (χ0v) is 17.9. The number of para-hydroxylation sites is 1. The van der Waals surface area contributed by atoms with Crippen molar-refractivity contribution in [3.63, 3.8) is 0 Å². The van der Waals surface area contributed by atoms with E-state index >= 15 is 0 Å². The normalized spacial score (nSPS) is 14.2. The second-order valence-corrected chi connectivity index (χ2v) is 9.44. The number of fused-ring (bicyclic) bond motifs is 3. The first-order valence-electron chi connectivity index (χ1n) is 10.0. The number of hydrogen-bond donors (Lipinski definition) is 2. The van der Waals surface area contributed by atoms with E-state index in [1.54, 1.807) is 30.3 Å². The van der Waals surface area contributed by atoms with Crippen molar-refractivity contribution in [1.82, 2.24) is 19.9 Å². The van der Waals surface area contributed by atoms with E-state index in [9.17, 15) is 13.2 Å². The summed E-state index contributed by atoms with van der Waals surface area (Å²) in [4.78, 5) is 22.4. The third-order valence-electron chi connectivity index (χ3n) is 5.19. The summed E-state index contributed by atoms with van der Waals surface area (Å²) in [5, 5.41) is 2.90. The molecule has 8 nitrogen and oxygen atoms in total. The zero-order chi connectivity index (χ0) is 21.3. The Morgan fingerprint density at radius 1 is 1.17 bits per heavy atom. The molecule has 0 radical (unpaired) electrons. The molecule has 1 aliphatic heterocycles. The van der Waals surface area contributed by atoms with Gasteiger partial charge < -0.3 is 9.88 Å². The topological polar surface area (TPSA) is 106 Å². The molecule has 2 aromatic heterocycles. The molecule has 0 atom stereocenters. The summed E-state index contributed by atoms with van der Waals surface area (Å²) >= 11 is 0. The maximum Gasteiger partial charge on any atom is 0.253 e. The minimum atomic E-state index is -3.41. The monoisotopic (exact) mass is 427 g/mol. The van der Waals surface area contributed by atoms with Gasteiger partial charge in [0.2, 0.25) is 10.0 Å². The smallest absolute Gasteiger partial charge is 0.253 e. The van der Waals surface area contributed by atoms with Gasteiger partial charge in [-0.25, -0.2) is 18.4 Å². The summed E-state index contributed by atoms with van der Waals surface area (Å²) in [6, 6.07) is 8.75. The van der Waals surface area contributed by atoms with E-state index in [0.29, 0.717) is 22.3 Å². The maximum atomic E-state index is 13.0. The number of nitrogens with zero attached hydrogens (tertiary/aromatic N) is 3. The van der Waals surface area contributed by atoms with Gasteiger partial charge in [0, 0.05) is 25.2 Å². The van der Waals surface area contributed by atoms with Crippen molar-refractivity contribution in [1.29, 1.82) is 0 Å². The van der Waals surface area contributed by atoms with Crippen molar-refractivity contribution in [2.45, 2.75) is 45.7 Å². The number of carbonyl (C=O) groups excluding carboxylic acids is 1. The van der Waals surface area contributed by atoms with Crippen molar-refractivity contribution >= 4 is 32.8 Å². The quantitative estimate of drug-likeness (QED) is 0.651. The van der Waals surface area contributed by atoms with Crippen LogP contribution >= 0.6 is 0 Å². The Balaban J connectivity index is 1.62. The van der Waals surface area contributed by atoms with Gasteiger partial charge in [0.1, 0.15) is 11.3 Å². The molecule has 1 aliphatic rings. The highest BCUT2D eigenvalue weighted by Gasteiger charge is 2.21. The highest BCUT2D eigenvalue weighted by molar-refractivity contribution is 7.92. The molecular formula is C21H25N5O3S. The number of anilines is 1. The first-order valence-corrected chi connectivity index (χ1v) is 11.9. The lowest BCUT2D eigenvalue weighted by molar-refractivity contribution is 0.0952. The molecule has 0 bridgehead atoms. The largest absolute Gasteiger partial charge is 0.348 e. The predicted octanol–water partition coefficient (Wildman–Crippen LogP) is 2.77. The van der Waals surface area contributed by atoms with Gasteiger partial charge in [0.15, 0.2) is 5.65 Å². The van der Waals surface area contributed by atoms with Crippen LogP contribution in [0.4, 0.5) is 5.69 Å². The van der Waals surface area contributed by atoms with Crippen LogP contribution in [-0.2, 0) is 29.5 Å². The third kappa shape index (κ3) is 4.30. The fraction of sp³-hybridized carbons (Fsp3) is 0.381. The molecule has 4 rings (SSSR count). The molecule has 30 heavy (non-hydrogen) atoms. The van der Waals surface area contributed by atoms with Crippen LogP contribution in [0.3, 0.4) is 0 Å². The third-order valence-corrected chi connectivity index (χ3v) is 5.78. The maximum absolute atomic E-state index is 13.0. The number of sulfonamides is 1. The number of carbonyl (C=O) groups is 1. The van der Waals surface area contributed by atoms with Gasteiger partial charge >= 0.3 is 0 Å². The molecule has 9 heteroatoms. The van der Waals surface area contributed by atoms with Gasteiger partial charge in [-0.3, -0.25) is 9.52 Å². The van der Waals surface area contributed by atoms with Gasteiger partial charge in [-0.05, 0) is 37.5 Å². The molecule has 0 aliphatic carbocycles. The van der Waals surface area contributed by atoms with Crippen LogP contribution < -0.4 is 10.0 Å². The van der Waals surface area contributed by atoms with E-state index in [1.165, 1.54) is 6.42 Å². The van der Waals surface area contributed by atoms with Crippen molar-refractivity contribution in [3.8, 4) is 0 Å². The first-order chi connectivity index (χ1) is 14.3. The number of imidazole rings is 1. The van der Waals surface area contributed by atoms with Gasteiger partial charge in [-0.15, -0.1) is 0 Å². The molecule has 1 amide bonds. The molecule has 0 spiro atoms.